The van der Waals surface area contributed by atoms with E-state index in [0.29, 0.717) is 23.7 Å². The topological polar surface area (TPSA) is 47.9 Å². The number of esters is 1. The van der Waals surface area contributed by atoms with Gasteiger partial charge in [0.05, 0.1) is 0 Å². The third-order valence-corrected chi connectivity index (χ3v) is 6.40. The van der Waals surface area contributed by atoms with Gasteiger partial charge < -0.3 is 9.47 Å². The molecule has 0 saturated heterocycles. The normalized spacial score (nSPS) is 28.7. The molecule has 5 atom stereocenters. The summed E-state index contributed by atoms with van der Waals surface area (Å²) in [5.74, 6) is 1.66. The maximum Gasteiger partial charge on any atom is 0.350 e. The molecule has 1 saturated carbocycles. The monoisotopic (exact) mass is 405 g/mol. The van der Waals surface area contributed by atoms with Gasteiger partial charge >= 0.3 is 5.97 Å². The van der Waals surface area contributed by atoms with Crippen LogP contribution in [0.4, 0.5) is 0 Å². The fraction of sp³-hybridized carbons (Fsp3) is 0.462. The van der Waals surface area contributed by atoms with Crippen molar-refractivity contribution >= 4 is 11.9 Å². The van der Waals surface area contributed by atoms with Gasteiger partial charge in [-0.15, -0.1) is 0 Å². The van der Waals surface area contributed by atoms with Gasteiger partial charge in [-0.1, -0.05) is 75.7 Å². The molecule has 2 aromatic carbocycles. The quantitative estimate of drug-likeness (QED) is 0.610. The van der Waals surface area contributed by atoms with Crippen LogP contribution in [0.5, 0.6) is 0 Å². The van der Waals surface area contributed by atoms with E-state index in [0.717, 1.165) is 24.0 Å². The van der Waals surface area contributed by atoms with E-state index in [1.54, 1.807) is 0 Å². The predicted molar refractivity (Wildman–Crippen MR) is 118 cm³/mol. The Morgan fingerprint density at radius 3 is 2.37 bits per heavy atom. The zero-order chi connectivity index (χ0) is 21.1. The summed E-state index contributed by atoms with van der Waals surface area (Å²) in [5.41, 5.74) is 1.84. The maximum atomic E-state index is 13.3. The SMILES string of the molecule is CC(C)[C@@H]1CC[C@H](C)CC1OC(=O)[C@@H]1OC(c2ccccc2)=NC1c1ccccc1. The van der Waals surface area contributed by atoms with E-state index in [1.165, 1.54) is 6.42 Å². The van der Waals surface area contributed by atoms with Crippen molar-refractivity contribution in [2.24, 2.45) is 22.7 Å². The van der Waals surface area contributed by atoms with E-state index < -0.39 is 12.1 Å². The second kappa shape index (κ2) is 9.03. The second-order valence-electron chi connectivity index (χ2n) is 9.00. The van der Waals surface area contributed by atoms with E-state index >= 15 is 0 Å². The molecule has 0 N–H and O–H groups in total. The molecule has 1 heterocycles. The van der Waals surface area contributed by atoms with Crippen LogP contribution in [0.3, 0.4) is 0 Å². The summed E-state index contributed by atoms with van der Waals surface area (Å²) in [7, 11) is 0. The van der Waals surface area contributed by atoms with Crippen molar-refractivity contribution in [1.29, 1.82) is 0 Å². The Kier molecular flexibility index (Phi) is 6.21. The molecule has 0 amide bonds. The van der Waals surface area contributed by atoms with E-state index in [2.05, 4.69) is 20.8 Å². The van der Waals surface area contributed by atoms with Crippen LogP contribution in [0.25, 0.3) is 0 Å². The lowest BCUT2D eigenvalue weighted by molar-refractivity contribution is -0.165. The van der Waals surface area contributed by atoms with Crippen LogP contribution in [-0.4, -0.2) is 24.1 Å². The number of aliphatic imine (C=N–C) groups is 1. The van der Waals surface area contributed by atoms with Gasteiger partial charge in [-0.25, -0.2) is 9.79 Å². The highest BCUT2D eigenvalue weighted by Gasteiger charge is 2.42. The van der Waals surface area contributed by atoms with Crippen molar-refractivity contribution < 1.29 is 14.3 Å². The molecule has 4 nitrogen and oxygen atoms in total. The molecule has 1 fully saturated rings. The Morgan fingerprint density at radius 1 is 1.03 bits per heavy atom. The fourth-order valence-electron chi connectivity index (χ4n) is 4.68. The molecule has 1 aliphatic heterocycles. The predicted octanol–water partition coefficient (Wildman–Crippen LogP) is 5.58. The van der Waals surface area contributed by atoms with Gasteiger partial charge in [-0.3, -0.25) is 0 Å². The minimum Gasteiger partial charge on any atom is -0.459 e. The van der Waals surface area contributed by atoms with Gasteiger partial charge in [-0.05, 0) is 48.3 Å². The molecule has 0 radical (unpaired) electrons. The van der Waals surface area contributed by atoms with Gasteiger partial charge in [0.25, 0.3) is 0 Å². The number of carbonyl (C=O) groups excluding carboxylic acids is 1. The van der Waals surface area contributed by atoms with Gasteiger partial charge in [0.2, 0.25) is 12.0 Å². The van der Waals surface area contributed by atoms with Crippen molar-refractivity contribution in [3.05, 3.63) is 71.8 Å². The average Bonchev–Trinajstić information content (AvgIpc) is 3.20. The molecule has 0 aromatic heterocycles. The fourth-order valence-corrected chi connectivity index (χ4v) is 4.68. The lowest BCUT2D eigenvalue weighted by Crippen LogP contribution is -2.39. The highest BCUT2D eigenvalue weighted by molar-refractivity contribution is 5.98. The smallest absolute Gasteiger partial charge is 0.350 e. The highest BCUT2D eigenvalue weighted by Crippen LogP contribution is 2.37. The van der Waals surface area contributed by atoms with Crippen molar-refractivity contribution in [3.63, 3.8) is 0 Å². The lowest BCUT2D eigenvalue weighted by Gasteiger charge is -2.37. The van der Waals surface area contributed by atoms with Crippen LogP contribution >= 0.6 is 0 Å². The van der Waals surface area contributed by atoms with Gasteiger partial charge in [0, 0.05) is 5.56 Å². The standard InChI is InChI=1S/C26H31NO3/c1-17(2)21-15-14-18(3)16-22(21)29-26(28)24-23(19-10-6-4-7-11-19)27-25(30-24)20-12-8-5-9-13-20/h4-13,17-18,21-24H,14-16H2,1-3H3/t18-,21-,22?,23?,24+/m0/s1. The summed E-state index contributed by atoms with van der Waals surface area (Å²) in [6.07, 6.45) is 2.42. The van der Waals surface area contributed by atoms with Gasteiger partial charge in [0.15, 0.2) is 0 Å². The molecule has 4 rings (SSSR count). The molecule has 0 bridgehead atoms. The highest BCUT2D eigenvalue weighted by atomic mass is 16.6. The largest absolute Gasteiger partial charge is 0.459 e. The number of ether oxygens (including phenoxy) is 2. The van der Waals surface area contributed by atoms with Crippen LogP contribution in [0, 0.1) is 17.8 Å². The van der Waals surface area contributed by atoms with Crippen LogP contribution < -0.4 is 0 Å². The molecule has 4 heteroatoms. The number of hydrogen-bond acceptors (Lipinski definition) is 4. The van der Waals surface area contributed by atoms with Gasteiger partial charge in [0.1, 0.15) is 12.1 Å². The zero-order valence-electron chi connectivity index (χ0n) is 18.0. The van der Waals surface area contributed by atoms with Crippen LogP contribution in [0.1, 0.15) is 57.2 Å². The van der Waals surface area contributed by atoms with Crippen molar-refractivity contribution in [2.75, 3.05) is 0 Å². The Bertz CT molecular complexity index is 878. The van der Waals surface area contributed by atoms with Crippen LogP contribution in [0.2, 0.25) is 0 Å². The molecular formula is C26H31NO3. The van der Waals surface area contributed by atoms with Crippen molar-refractivity contribution in [1.82, 2.24) is 0 Å². The van der Waals surface area contributed by atoms with Gasteiger partial charge in [-0.2, -0.15) is 0 Å². The number of rotatable bonds is 5. The minimum atomic E-state index is -0.757. The Hall–Kier alpha value is -2.62. The molecule has 2 aliphatic rings. The van der Waals surface area contributed by atoms with E-state index in [9.17, 15) is 4.79 Å². The summed E-state index contributed by atoms with van der Waals surface area (Å²) in [4.78, 5) is 18.1. The molecule has 0 spiro atoms. The third kappa shape index (κ3) is 4.43. The van der Waals surface area contributed by atoms with Crippen LogP contribution in [-0.2, 0) is 14.3 Å². The summed E-state index contributed by atoms with van der Waals surface area (Å²) in [6, 6.07) is 19.2. The molecular weight excluding hydrogens is 374 g/mol. The first-order valence-corrected chi connectivity index (χ1v) is 11.1. The summed E-state index contributed by atoms with van der Waals surface area (Å²) in [5, 5.41) is 0. The Balaban J connectivity index is 1.57. The minimum absolute atomic E-state index is 0.0537. The van der Waals surface area contributed by atoms with E-state index in [4.69, 9.17) is 14.5 Å². The third-order valence-electron chi connectivity index (χ3n) is 6.40. The first-order valence-electron chi connectivity index (χ1n) is 11.1. The van der Waals surface area contributed by atoms with Crippen molar-refractivity contribution in [2.45, 2.75) is 58.3 Å². The lowest BCUT2D eigenvalue weighted by atomic mass is 9.75. The second-order valence-corrected chi connectivity index (χ2v) is 9.00. The maximum absolute atomic E-state index is 13.3. The van der Waals surface area contributed by atoms with Crippen LogP contribution in [0.15, 0.2) is 65.7 Å². The molecule has 30 heavy (non-hydrogen) atoms. The summed E-state index contributed by atoms with van der Waals surface area (Å²) >= 11 is 0. The number of benzene rings is 2. The first-order chi connectivity index (χ1) is 14.5. The molecule has 2 aromatic rings. The Morgan fingerprint density at radius 2 is 1.70 bits per heavy atom. The van der Waals surface area contributed by atoms with E-state index in [-0.39, 0.29) is 12.1 Å². The summed E-state index contributed by atoms with van der Waals surface area (Å²) < 4.78 is 12.2. The van der Waals surface area contributed by atoms with Crippen molar-refractivity contribution in [3.8, 4) is 0 Å². The Labute approximate surface area is 179 Å². The number of hydrogen-bond donors (Lipinski definition) is 0. The molecule has 1 aliphatic carbocycles. The number of nitrogens with zero attached hydrogens (tertiary/aromatic N) is 1. The zero-order valence-corrected chi connectivity index (χ0v) is 18.0. The van der Waals surface area contributed by atoms with E-state index in [1.807, 2.05) is 60.7 Å². The number of carbonyl (C=O) groups is 1. The average molecular weight is 406 g/mol. The summed E-state index contributed by atoms with van der Waals surface area (Å²) in [6.45, 7) is 6.68. The molecule has 2 unspecified atom stereocenters. The molecule has 158 valence electrons. The first kappa shape index (κ1) is 20.6.